The van der Waals surface area contributed by atoms with E-state index < -0.39 is 0 Å². The molecule has 1 aromatic rings. The minimum atomic E-state index is 0.218. The van der Waals surface area contributed by atoms with Gasteiger partial charge in [0.2, 0.25) is 0 Å². The largest absolute Gasteiger partial charge is 0.468 e. The Morgan fingerprint density at radius 1 is 1.54 bits per heavy atom. The molecule has 1 rings (SSSR count). The molecule has 1 aromatic heterocycles. The van der Waals surface area contributed by atoms with Crippen molar-refractivity contribution in [2.45, 2.75) is 32.5 Å². The minimum Gasteiger partial charge on any atom is -0.468 e. The van der Waals surface area contributed by atoms with E-state index in [0.717, 1.165) is 12.3 Å². The molecule has 2 unspecified atom stereocenters. The molecule has 0 radical (unpaired) electrons. The molecule has 0 spiro atoms. The van der Waals surface area contributed by atoms with E-state index in [1.54, 1.807) is 13.4 Å². The second-order valence-corrected chi connectivity index (χ2v) is 3.19. The topological polar surface area (TPSA) is 34.4 Å². The number of hydrogen-bond donors (Lipinski definition) is 1. The van der Waals surface area contributed by atoms with Crippen molar-refractivity contribution in [3.63, 3.8) is 0 Å². The normalized spacial score (nSPS) is 15.6. The molecule has 74 valence electrons. The number of rotatable bonds is 5. The SMILES string of the molecule is COC(C)C(C)NCc1ccco1. The third kappa shape index (κ3) is 3.20. The van der Waals surface area contributed by atoms with Crippen molar-refractivity contribution in [2.24, 2.45) is 0 Å². The Kier molecular flexibility index (Phi) is 3.99. The Bertz CT molecular complexity index is 221. The van der Waals surface area contributed by atoms with Crippen LogP contribution in [0.4, 0.5) is 0 Å². The molecule has 13 heavy (non-hydrogen) atoms. The number of nitrogens with one attached hydrogen (secondary N) is 1. The number of furan rings is 1. The van der Waals surface area contributed by atoms with Crippen LogP contribution in [0, 0.1) is 0 Å². The van der Waals surface area contributed by atoms with Gasteiger partial charge in [-0.3, -0.25) is 0 Å². The quantitative estimate of drug-likeness (QED) is 0.755. The molecule has 2 atom stereocenters. The van der Waals surface area contributed by atoms with E-state index in [-0.39, 0.29) is 6.10 Å². The average Bonchev–Trinajstić information content (AvgIpc) is 2.65. The first kappa shape index (κ1) is 10.3. The fourth-order valence-electron chi connectivity index (χ4n) is 1.04. The molecule has 3 nitrogen and oxygen atoms in total. The highest BCUT2D eigenvalue weighted by Crippen LogP contribution is 2.01. The third-order valence-corrected chi connectivity index (χ3v) is 2.25. The van der Waals surface area contributed by atoms with Crippen molar-refractivity contribution in [1.29, 1.82) is 0 Å². The zero-order valence-corrected chi connectivity index (χ0v) is 8.41. The van der Waals surface area contributed by atoms with E-state index in [4.69, 9.17) is 9.15 Å². The molecule has 0 fully saturated rings. The molecule has 0 saturated heterocycles. The van der Waals surface area contributed by atoms with Crippen LogP contribution in [0.25, 0.3) is 0 Å². The molecule has 0 saturated carbocycles. The maximum Gasteiger partial charge on any atom is 0.117 e. The van der Waals surface area contributed by atoms with Crippen molar-refractivity contribution < 1.29 is 9.15 Å². The smallest absolute Gasteiger partial charge is 0.117 e. The summed E-state index contributed by atoms with van der Waals surface area (Å²) in [4.78, 5) is 0. The van der Waals surface area contributed by atoms with Crippen molar-refractivity contribution in [3.05, 3.63) is 24.2 Å². The van der Waals surface area contributed by atoms with Gasteiger partial charge in [-0.1, -0.05) is 0 Å². The van der Waals surface area contributed by atoms with Gasteiger partial charge < -0.3 is 14.5 Å². The zero-order chi connectivity index (χ0) is 9.68. The van der Waals surface area contributed by atoms with Crippen molar-refractivity contribution in [3.8, 4) is 0 Å². The molecule has 0 aromatic carbocycles. The molecular formula is C10H17NO2. The van der Waals surface area contributed by atoms with Crippen LogP contribution in [-0.4, -0.2) is 19.3 Å². The molecule has 0 bridgehead atoms. The van der Waals surface area contributed by atoms with E-state index in [1.165, 1.54) is 0 Å². The fraction of sp³-hybridized carbons (Fsp3) is 0.600. The Morgan fingerprint density at radius 3 is 2.85 bits per heavy atom. The molecule has 1 N–H and O–H groups in total. The Balaban J connectivity index is 2.26. The highest BCUT2D eigenvalue weighted by atomic mass is 16.5. The summed E-state index contributed by atoms with van der Waals surface area (Å²) in [6, 6.07) is 4.17. The van der Waals surface area contributed by atoms with Gasteiger partial charge in [-0.2, -0.15) is 0 Å². The van der Waals surface area contributed by atoms with Crippen molar-refractivity contribution in [2.75, 3.05) is 7.11 Å². The van der Waals surface area contributed by atoms with Crippen LogP contribution in [0.15, 0.2) is 22.8 Å². The Morgan fingerprint density at radius 2 is 2.31 bits per heavy atom. The molecular weight excluding hydrogens is 166 g/mol. The van der Waals surface area contributed by atoms with Crippen LogP contribution in [-0.2, 0) is 11.3 Å². The molecule has 0 amide bonds. The lowest BCUT2D eigenvalue weighted by molar-refractivity contribution is 0.0875. The lowest BCUT2D eigenvalue weighted by Gasteiger charge is -2.19. The maximum atomic E-state index is 5.19. The predicted molar refractivity (Wildman–Crippen MR) is 51.5 cm³/mol. The molecule has 3 heteroatoms. The monoisotopic (exact) mass is 183 g/mol. The van der Waals surface area contributed by atoms with E-state index in [0.29, 0.717) is 6.04 Å². The maximum absolute atomic E-state index is 5.19. The van der Waals surface area contributed by atoms with Crippen LogP contribution >= 0.6 is 0 Å². The van der Waals surface area contributed by atoms with Crippen LogP contribution in [0.2, 0.25) is 0 Å². The summed E-state index contributed by atoms with van der Waals surface area (Å²) in [5.74, 6) is 0.954. The van der Waals surface area contributed by atoms with Gasteiger partial charge in [-0.15, -0.1) is 0 Å². The standard InChI is InChI=1S/C10H17NO2/c1-8(9(2)12-3)11-7-10-5-4-6-13-10/h4-6,8-9,11H,7H2,1-3H3. The van der Waals surface area contributed by atoms with Gasteiger partial charge in [0.25, 0.3) is 0 Å². The van der Waals surface area contributed by atoms with Gasteiger partial charge in [-0.25, -0.2) is 0 Å². The molecule has 1 heterocycles. The molecule has 0 aliphatic rings. The highest BCUT2D eigenvalue weighted by molar-refractivity contribution is 4.97. The minimum absolute atomic E-state index is 0.218. The van der Waals surface area contributed by atoms with Gasteiger partial charge in [0.05, 0.1) is 18.9 Å². The second kappa shape index (κ2) is 5.04. The van der Waals surface area contributed by atoms with E-state index in [9.17, 15) is 0 Å². The van der Waals surface area contributed by atoms with E-state index in [1.807, 2.05) is 19.1 Å². The first-order chi connectivity index (χ1) is 6.24. The summed E-state index contributed by atoms with van der Waals surface area (Å²) in [6.07, 6.45) is 1.90. The lowest BCUT2D eigenvalue weighted by atomic mass is 10.2. The van der Waals surface area contributed by atoms with Crippen molar-refractivity contribution in [1.82, 2.24) is 5.32 Å². The summed E-state index contributed by atoms with van der Waals surface area (Å²) >= 11 is 0. The molecule has 0 aliphatic carbocycles. The van der Waals surface area contributed by atoms with Gasteiger partial charge in [0, 0.05) is 13.2 Å². The van der Waals surface area contributed by atoms with Crippen LogP contribution in [0.1, 0.15) is 19.6 Å². The van der Waals surface area contributed by atoms with Crippen LogP contribution in [0.3, 0.4) is 0 Å². The van der Waals surface area contributed by atoms with Crippen molar-refractivity contribution >= 4 is 0 Å². The summed E-state index contributed by atoms with van der Waals surface area (Å²) < 4.78 is 10.4. The first-order valence-electron chi connectivity index (χ1n) is 4.52. The van der Waals surface area contributed by atoms with E-state index >= 15 is 0 Å². The summed E-state index contributed by atoms with van der Waals surface area (Å²) in [7, 11) is 1.72. The molecule has 0 aliphatic heterocycles. The number of ether oxygens (including phenoxy) is 1. The van der Waals surface area contributed by atoms with Gasteiger partial charge in [0.1, 0.15) is 5.76 Å². The van der Waals surface area contributed by atoms with Crippen LogP contribution < -0.4 is 5.32 Å². The zero-order valence-electron chi connectivity index (χ0n) is 8.41. The lowest BCUT2D eigenvalue weighted by Crippen LogP contribution is -2.36. The van der Waals surface area contributed by atoms with Gasteiger partial charge in [-0.05, 0) is 26.0 Å². The summed E-state index contributed by atoms with van der Waals surface area (Å²) in [5.41, 5.74) is 0. The summed E-state index contributed by atoms with van der Waals surface area (Å²) in [5, 5.41) is 3.32. The average molecular weight is 183 g/mol. The number of methoxy groups -OCH3 is 1. The Hall–Kier alpha value is -0.800. The fourth-order valence-corrected chi connectivity index (χ4v) is 1.04. The highest BCUT2D eigenvalue weighted by Gasteiger charge is 2.10. The third-order valence-electron chi connectivity index (χ3n) is 2.25. The van der Waals surface area contributed by atoms with Crippen LogP contribution in [0.5, 0.6) is 0 Å². The van der Waals surface area contributed by atoms with Gasteiger partial charge in [0.15, 0.2) is 0 Å². The van der Waals surface area contributed by atoms with E-state index in [2.05, 4.69) is 12.2 Å². The first-order valence-corrected chi connectivity index (χ1v) is 4.52. The summed E-state index contributed by atoms with van der Waals surface area (Å²) in [6.45, 7) is 4.89. The van der Waals surface area contributed by atoms with Gasteiger partial charge >= 0.3 is 0 Å². The number of hydrogen-bond acceptors (Lipinski definition) is 3. The second-order valence-electron chi connectivity index (χ2n) is 3.19. The Labute approximate surface area is 79.1 Å². The predicted octanol–water partition coefficient (Wildman–Crippen LogP) is 1.79.